The summed E-state index contributed by atoms with van der Waals surface area (Å²) in [7, 11) is 0. The van der Waals surface area contributed by atoms with Crippen molar-refractivity contribution in [3.8, 4) is 0 Å². The van der Waals surface area contributed by atoms with E-state index >= 15 is 0 Å². The van der Waals surface area contributed by atoms with Crippen LogP contribution in [0.1, 0.15) is 13.8 Å². The van der Waals surface area contributed by atoms with E-state index in [0.29, 0.717) is 0 Å². The van der Waals surface area contributed by atoms with Crippen LogP contribution in [0.5, 0.6) is 0 Å². The Morgan fingerprint density at radius 3 is 2.46 bits per heavy atom. The van der Waals surface area contributed by atoms with Gasteiger partial charge in [-0.15, -0.1) is 0 Å². The van der Waals surface area contributed by atoms with Crippen LogP contribution in [-0.2, 0) is 4.74 Å². The van der Waals surface area contributed by atoms with Crippen molar-refractivity contribution in [2.45, 2.75) is 37.8 Å². The Kier molecular flexibility index (Phi) is 3.08. The number of ether oxygens (including phenoxy) is 1. The molecule has 0 aromatic rings. The normalized spacial score (nSPS) is 34.5. The standard InChI is InChI=1S/C9H16O4/c1-6(11)3-4-9(12,5-10)8-7(2)13-8/h3-4,6-8,10-12H,5H2,1-2H3/t6-,7-,8+,9+/m0/s1. The van der Waals surface area contributed by atoms with Crippen LogP contribution in [-0.4, -0.2) is 45.8 Å². The highest BCUT2D eigenvalue weighted by atomic mass is 16.6. The number of hydrogen-bond donors (Lipinski definition) is 3. The van der Waals surface area contributed by atoms with Crippen molar-refractivity contribution in [2.75, 3.05) is 6.61 Å². The van der Waals surface area contributed by atoms with E-state index in [1.807, 2.05) is 6.92 Å². The summed E-state index contributed by atoms with van der Waals surface area (Å²) in [6.45, 7) is 3.00. The van der Waals surface area contributed by atoms with Gasteiger partial charge in [-0.05, 0) is 19.9 Å². The third-order valence-electron chi connectivity index (χ3n) is 2.12. The van der Waals surface area contributed by atoms with Crippen molar-refractivity contribution >= 4 is 0 Å². The lowest BCUT2D eigenvalue weighted by atomic mass is 9.98. The van der Waals surface area contributed by atoms with Gasteiger partial charge in [-0.2, -0.15) is 0 Å². The van der Waals surface area contributed by atoms with Crippen molar-refractivity contribution in [3.05, 3.63) is 12.2 Å². The number of rotatable bonds is 4. The van der Waals surface area contributed by atoms with E-state index in [4.69, 9.17) is 14.9 Å². The summed E-state index contributed by atoms with van der Waals surface area (Å²) in [5, 5.41) is 27.7. The maximum Gasteiger partial charge on any atom is 0.134 e. The molecule has 1 fully saturated rings. The number of hydrogen-bond acceptors (Lipinski definition) is 4. The Labute approximate surface area is 77.5 Å². The molecular weight excluding hydrogens is 172 g/mol. The van der Waals surface area contributed by atoms with E-state index in [9.17, 15) is 5.11 Å². The minimum Gasteiger partial charge on any atom is -0.393 e. The Bertz CT molecular complexity index is 202. The molecule has 0 radical (unpaired) electrons. The van der Waals surface area contributed by atoms with E-state index in [1.54, 1.807) is 6.92 Å². The molecule has 76 valence electrons. The predicted molar refractivity (Wildman–Crippen MR) is 47.2 cm³/mol. The lowest BCUT2D eigenvalue weighted by Crippen LogP contribution is -2.38. The van der Waals surface area contributed by atoms with Crippen LogP contribution in [0.3, 0.4) is 0 Å². The van der Waals surface area contributed by atoms with Crippen LogP contribution in [0.15, 0.2) is 12.2 Å². The van der Waals surface area contributed by atoms with Gasteiger partial charge in [0.15, 0.2) is 0 Å². The van der Waals surface area contributed by atoms with E-state index in [1.165, 1.54) is 12.2 Å². The smallest absolute Gasteiger partial charge is 0.134 e. The monoisotopic (exact) mass is 188 g/mol. The quantitative estimate of drug-likeness (QED) is 0.408. The van der Waals surface area contributed by atoms with Crippen molar-refractivity contribution in [1.82, 2.24) is 0 Å². The highest BCUT2D eigenvalue weighted by Crippen LogP contribution is 2.32. The van der Waals surface area contributed by atoms with Crippen LogP contribution in [0.25, 0.3) is 0 Å². The Balaban J connectivity index is 2.59. The summed E-state index contributed by atoms with van der Waals surface area (Å²) < 4.78 is 5.06. The number of aliphatic hydroxyl groups is 3. The first-order chi connectivity index (χ1) is 5.99. The average Bonchev–Trinajstić information content (AvgIpc) is 2.79. The summed E-state index contributed by atoms with van der Waals surface area (Å²) in [6, 6.07) is 0. The predicted octanol–water partition coefficient (Wildman–Crippen LogP) is -0.566. The molecule has 0 aromatic heterocycles. The summed E-state index contributed by atoms with van der Waals surface area (Å²) in [4.78, 5) is 0. The molecule has 13 heavy (non-hydrogen) atoms. The molecule has 4 nitrogen and oxygen atoms in total. The third-order valence-corrected chi connectivity index (χ3v) is 2.12. The molecule has 0 amide bonds. The maximum atomic E-state index is 9.81. The second-order valence-electron chi connectivity index (χ2n) is 3.51. The number of aliphatic hydroxyl groups excluding tert-OH is 2. The number of epoxide rings is 1. The van der Waals surface area contributed by atoms with Gasteiger partial charge in [0, 0.05) is 0 Å². The molecule has 0 unspecified atom stereocenters. The largest absolute Gasteiger partial charge is 0.393 e. The molecule has 0 spiro atoms. The molecule has 1 heterocycles. The zero-order valence-corrected chi connectivity index (χ0v) is 7.84. The van der Waals surface area contributed by atoms with Crippen molar-refractivity contribution in [3.63, 3.8) is 0 Å². The van der Waals surface area contributed by atoms with Crippen molar-refractivity contribution in [2.24, 2.45) is 0 Å². The molecular formula is C9H16O4. The van der Waals surface area contributed by atoms with Gasteiger partial charge in [-0.3, -0.25) is 0 Å². The molecule has 1 aliphatic heterocycles. The van der Waals surface area contributed by atoms with Crippen molar-refractivity contribution in [1.29, 1.82) is 0 Å². The SMILES string of the molecule is C[C@H](O)C=C[C@@](O)(CO)[C@@H]1O[C@H]1C. The van der Waals surface area contributed by atoms with Crippen LogP contribution in [0.2, 0.25) is 0 Å². The zero-order valence-electron chi connectivity index (χ0n) is 7.84. The van der Waals surface area contributed by atoms with E-state index < -0.39 is 18.3 Å². The van der Waals surface area contributed by atoms with Gasteiger partial charge in [0.05, 0.1) is 18.8 Å². The molecule has 1 rings (SSSR count). The second kappa shape index (κ2) is 3.75. The minimum atomic E-state index is -1.35. The lowest BCUT2D eigenvalue weighted by molar-refractivity contribution is 0.00367. The van der Waals surface area contributed by atoms with Crippen LogP contribution >= 0.6 is 0 Å². The van der Waals surface area contributed by atoms with Crippen LogP contribution < -0.4 is 0 Å². The molecule has 0 saturated carbocycles. The zero-order chi connectivity index (χ0) is 10.1. The maximum absolute atomic E-state index is 9.81. The molecule has 4 heteroatoms. The summed E-state index contributed by atoms with van der Waals surface area (Å²) in [5.74, 6) is 0. The fraction of sp³-hybridized carbons (Fsp3) is 0.778. The Morgan fingerprint density at radius 1 is 1.62 bits per heavy atom. The summed E-state index contributed by atoms with van der Waals surface area (Å²) in [6.07, 6.45) is 1.81. The first-order valence-corrected chi connectivity index (χ1v) is 4.36. The molecule has 1 saturated heterocycles. The molecule has 1 aliphatic rings. The van der Waals surface area contributed by atoms with Gasteiger partial charge in [0.2, 0.25) is 0 Å². The first kappa shape index (κ1) is 10.7. The Hall–Kier alpha value is -0.420. The second-order valence-corrected chi connectivity index (χ2v) is 3.51. The van der Waals surface area contributed by atoms with Crippen LogP contribution in [0, 0.1) is 0 Å². The van der Waals surface area contributed by atoms with E-state index in [-0.39, 0.29) is 12.2 Å². The average molecular weight is 188 g/mol. The third kappa shape index (κ3) is 2.51. The minimum absolute atomic E-state index is 0.0317. The van der Waals surface area contributed by atoms with Gasteiger partial charge in [0.25, 0.3) is 0 Å². The first-order valence-electron chi connectivity index (χ1n) is 4.36. The molecule has 3 N–H and O–H groups in total. The molecule has 0 bridgehead atoms. The van der Waals surface area contributed by atoms with Crippen molar-refractivity contribution < 1.29 is 20.1 Å². The molecule has 0 aromatic carbocycles. The van der Waals surface area contributed by atoms with Gasteiger partial charge in [-0.25, -0.2) is 0 Å². The van der Waals surface area contributed by atoms with Gasteiger partial charge in [-0.1, -0.05) is 6.08 Å². The lowest BCUT2D eigenvalue weighted by Gasteiger charge is -2.19. The topological polar surface area (TPSA) is 73.2 Å². The summed E-state index contributed by atoms with van der Waals surface area (Å²) in [5.41, 5.74) is -1.35. The molecule has 0 aliphatic carbocycles. The van der Waals surface area contributed by atoms with Gasteiger partial charge < -0.3 is 20.1 Å². The van der Waals surface area contributed by atoms with Crippen LogP contribution in [0.4, 0.5) is 0 Å². The fourth-order valence-electron chi connectivity index (χ4n) is 1.25. The van der Waals surface area contributed by atoms with Gasteiger partial charge in [0.1, 0.15) is 11.7 Å². The Morgan fingerprint density at radius 2 is 2.15 bits per heavy atom. The van der Waals surface area contributed by atoms with Gasteiger partial charge >= 0.3 is 0 Å². The summed E-state index contributed by atoms with van der Waals surface area (Å²) >= 11 is 0. The van der Waals surface area contributed by atoms with E-state index in [2.05, 4.69) is 0 Å². The fourth-order valence-corrected chi connectivity index (χ4v) is 1.25. The molecule has 4 atom stereocenters. The highest BCUT2D eigenvalue weighted by molar-refractivity contribution is 5.12. The highest BCUT2D eigenvalue weighted by Gasteiger charge is 2.49. The van der Waals surface area contributed by atoms with E-state index in [0.717, 1.165) is 0 Å².